The molecular weight excluding hydrogens is 386 g/mol. The van der Waals surface area contributed by atoms with Crippen LogP contribution in [0.5, 0.6) is 0 Å². The van der Waals surface area contributed by atoms with Gasteiger partial charge in [-0.1, -0.05) is 77.9 Å². The predicted molar refractivity (Wildman–Crippen MR) is 122 cm³/mol. The minimum absolute atomic E-state index is 0.180. The number of rotatable bonds is 6. The van der Waals surface area contributed by atoms with Crippen LogP contribution in [0.4, 0.5) is 5.69 Å². The highest BCUT2D eigenvalue weighted by Gasteiger charge is 2.18. The fourth-order valence-electron chi connectivity index (χ4n) is 3.33. The first-order valence-corrected chi connectivity index (χ1v) is 10.1. The summed E-state index contributed by atoms with van der Waals surface area (Å²) < 4.78 is 1.77. The van der Waals surface area contributed by atoms with Gasteiger partial charge in [0, 0.05) is 17.3 Å². The van der Waals surface area contributed by atoms with E-state index in [0.717, 1.165) is 11.1 Å². The summed E-state index contributed by atoms with van der Waals surface area (Å²) in [5.41, 5.74) is 5.24. The highest BCUT2D eigenvalue weighted by atomic mass is 16.2. The second-order valence-corrected chi connectivity index (χ2v) is 7.61. The van der Waals surface area contributed by atoms with Crippen molar-refractivity contribution >= 4 is 17.4 Å². The minimum atomic E-state index is -0.342. The first-order valence-electron chi connectivity index (χ1n) is 10.1. The molecule has 0 atom stereocenters. The lowest BCUT2D eigenvalue weighted by molar-refractivity contribution is 0.0996. The number of carbonyl (C=O) groups excluding carboxylic acids is 2. The fourth-order valence-corrected chi connectivity index (χ4v) is 3.33. The van der Waals surface area contributed by atoms with Crippen molar-refractivity contribution in [2.24, 2.45) is 0 Å². The molecule has 0 aliphatic carbocycles. The number of nitrogens with one attached hydrogen (secondary N) is 1. The van der Waals surface area contributed by atoms with Crippen molar-refractivity contribution < 1.29 is 9.59 Å². The molecule has 5 heteroatoms. The molecule has 1 amide bonds. The van der Waals surface area contributed by atoms with E-state index >= 15 is 0 Å². The molecule has 154 valence electrons. The summed E-state index contributed by atoms with van der Waals surface area (Å²) in [6, 6.07) is 22.4. The first kappa shape index (κ1) is 20.3. The number of ketones is 1. The molecule has 4 aromatic rings. The smallest absolute Gasteiger partial charge is 0.256 e. The number of benzene rings is 3. The van der Waals surface area contributed by atoms with Crippen LogP contribution < -0.4 is 5.32 Å². The Morgan fingerprint density at radius 2 is 1.45 bits per heavy atom. The topological polar surface area (TPSA) is 64.0 Å². The van der Waals surface area contributed by atoms with Crippen molar-refractivity contribution in [1.29, 1.82) is 0 Å². The van der Waals surface area contributed by atoms with Crippen molar-refractivity contribution in [3.63, 3.8) is 0 Å². The monoisotopic (exact) mass is 409 g/mol. The second kappa shape index (κ2) is 8.79. The second-order valence-electron chi connectivity index (χ2n) is 7.61. The summed E-state index contributed by atoms with van der Waals surface area (Å²) in [7, 11) is 0. The summed E-state index contributed by atoms with van der Waals surface area (Å²) in [6.07, 6.45) is 3.39. The lowest BCUT2D eigenvalue weighted by Crippen LogP contribution is -2.16. The van der Waals surface area contributed by atoms with Crippen LogP contribution in [-0.2, 0) is 6.54 Å². The first-order chi connectivity index (χ1) is 15.0. The average molecular weight is 409 g/mol. The number of aryl methyl sites for hydroxylation is 2. The van der Waals surface area contributed by atoms with Gasteiger partial charge in [0.25, 0.3) is 5.91 Å². The zero-order chi connectivity index (χ0) is 21.8. The van der Waals surface area contributed by atoms with Crippen LogP contribution in [0.2, 0.25) is 0 Å². The van der Waals surface area contributed by atoms with Crippen molar-refractivity contribution in [3.8, 4) is 0 Å². The number of carbonyl (C=O) groups is 2. The lowest BCUT2D eigenvalue weighted by atomic mass is 9.97. The third-order valence-electron chi connectivity index (χ3n) is 5.09. The lowest BCUT2D eigenvalue weighted by Gasteiger charge is -2.09. The van der Waals surface area contributed by atoms with E-state index in [4.69, 9.17) is 0 Å². The molecular formula is C26H23N3O2. The van der Waals surface area contributed by atoms with E-state index in [1.165, 1.54) is 5.56 Å². The maximum Gasteiger partial charge on any atom is 0.256 e. The summed E-state index contributed by atoms with van der Waals surface area (Å²) >= 11 is 0. The maximum atomic E-state index is 13.0. The average Bonchev–Trinajstić information content (AvgIpc) is 3.22. The number of hydrogen-bond donors (Lipinski definition) is 1. The van der Waals surface area contributed by atoms with E-state index in [1.54, 1.807) is 53.5 Å². The molecule has 5 nitrogen and oxygen atoms in total. The number of amides is 1. The van der Waals surface area contributed by atoms with Gasteiger partial charge < -0.3 is 5.32 Å². The van der Waals surface area contributed by atoms with Crippen molar-refractivity contribution in [1.82, 2.24) is 9.78 Å². The Morgan fingerprint density at radius 1 is 0.839 bits per heavy atom. The Bertz CT molecular complexity index is 1220. The van der Waals surface area contributed by atoms with Crippen LogP contribution in [0.1, 0.15) is 43.0 Å². The Kier molecular flexibility index (Phi) is 5.76. The number of nitrogens with zero attached hydrogens (tertiary/aromatic N) is 2. The molecule has 1 aromatic heterocycles. The fraction of sp³-hybridized carbons (Fsp3) is 0.115. The van der Waals surface area contributed by atoms with Gasteiger partial charge in [0.1, 0.15) is 0 Å². The van der Waals surface area contributed by atoms with Crippen LogP contribution in [0.25, 0.3) is 0 Å². The number of aromatic nitrogens is 2. The molecule has 0 saturated heterocycles. The van der Waals surface area contributed by atoms with E-state index in [1.807, 2.05) is 26.0 Å². The van der Waals surface area contributed by atoms with Crippen LogP contribution in [-0.4, -0.2) is 21.5 Å². The standard InChI is InChI=1S/C26H23N3O2/c1-18-7-11-20(12-8-18)16-29-17-22(15-27-29)28-26(31)24-6-4-3-5-23(24)25(30)21-13-9-19(2)10-14-21/h3-15,17H,16H2,1-2H3,(H,28,31). The van der Waals surface area contributed by atoms with Crippen LogP contribution in [0.3, 0.4) is 0 Å². The summed E-state index contributed by atoms with van der Waals surface area (Å²) in [6.45, 7) is 4.63. The maximum absolute atomic E-state index is 13.0. The zero-order valence-corrected chi connectivity index (χ0v) is 17.5. The molecule has 0 unspecified atom stereocenters. The van der Waals surface area contributed by atoms with Gasteiger partial charge in [-0.25, -0.2) is 0 Å². The highest BCUT2D eigenvalue weighted by Crippen LogP contribution is 2.18. The highest BCUT2D eigenvalue weighted by molar-refractivity contribution is 6.17. The van der Waals surface area contributed by atoms with Gasteiger partial charge in [-0.3, -0.25) is 14.3 Å². The number of hydrogen-bond acceptors (Lipinski definition) is 3. The summed E-state index contributed by atoms with van der Waals surface area (Å²) in [5.74, 6) is -0.522. The van der Waals surface area contributed by atoms with Crippen LogP contribution in [0.15, 0.2) is 85.2 Å². The minimum Gasteiger partial charge on any atom is -0.319 e. The number of anilines is 1. The van der Waals surface area contributed by atoms with Crippen molar-refractivity contribution in [2.75, 3.05) is 5.32 Å². The third-order valence-corrected chi connectivity index (χ3v) is 5.09. The van der Waals surface area contributed by atoms with Gasteiger partial charge in [-0.15, -0.1) is 0 Å². The van der Waals surface area contributed by atoms with Gasteiger partial charge in [0.15, 0.2) is 5.78 Å². The molecule has 31 heavy (non-hydrogen) atoms. The van der Waals surface area contributed by atoms with Crippen LogP contribution >= 0.6 is 0 Å². The van der Waals surface area contributed by atoms with Gasteiger partial charge in [-0.2, -0.15) is 5.10 Å². The Balaban J connectivity index is 1.50. The van der Waals surface area contributed by atoms with E-state index in [-0.39, 0.29) is 11.7 Å². The Hall–Kier alpha value is -3.99. The molecule has 0 saturated carbocycles. The van der Waals surface area contributed by atoms with Gasteiger partial charge in [0.2, 0.25) is 0 Å². The summed E-state index contributed by atoms with van der Waals surface area (Å²) in [4.78, 5) is 25.9. The molecule has 0 spiro atoms. The molecule has 0 fully saturated rings. The molecule has 3 aromatic carbocycles. The Morgan fingerprint density at radius 3 is 2.13 bits per heavy atom. The molecule has 1 N–H and O–H groups in total. The molecule has 0 aliphatic rings. The van der Waals surface area contributed by atoms with E-state index in [9.17, 15) is 9.59 Å². The van der Waals surface area contributed by atoms with Gasteiger partial charge in [0.05, 0.1) is 24.0 Å². The van der Waals surface area contributed by atoms with E-state index < -0.39 is 0 Å². The van der Waals surface area contributed by atoms with E-state index in [2.05, 4.69) is 34.7 Å². The molecule has 1 heterocycles. The van der Waals surface area contributed by atoms with Crippen LogP contribution in [0, 0.1) is 13.8 Å². The molecule has 0 bridgehead atoms. The quantitative estimate of drug-likeness (QED) is 0.454. The van der Waals surface area contributed by atoms with Crippen molar-refractivity contribution in [3.05, 3.63) is 119 Å². The SMILES string of the molecule is Cc1ccc(Cn2cc(NC(=O)c3ccccc3C(=O)c3ccc(C)cc3)cn2)cc1. The predicted octanol–water partition coefficient (Wildman–Crippen LogP) is 5.03. The normalized spacial score (nSPS) is 10.6. The van der Waals surface area contributed by atoms with E-state index in [0.29, 0.717) is 28.9 Å². The van der Waals surface area contributed by atoms with Gasteiger partial charge >= 0.3 is 0 Å². The zero-order valence-electron chi connectivity index (χ0n) is 17.5. The summed E-state index contributed by atoms with van der Waals surface area (Å²) in [5, 5.41) is 7.18. The molecule has 0 radical (unpaired) electrons. The Labute approximate surface area is 181 Å². The molecule has 4 rings (SSSR count). The van der Waals surface area contributed by atoms with Crippen molar-refractivity contribution in [2.45, 2.75) is 20.4 Å². The largest absolute Gasteiger partial charge is 0.319 e. The molecule has 0 aliphatic heterocycles. The van der Waals surface area contributed by atoms with Gasteiger partial charge in [-0.05, 0) is 25.5 Å². The third kappa shape index (κ3) is 4.78.